The number of carbonyl (C=O) groups excluding carboxylic acids is 1. The van der Waals surface area contributed by atoms with Crippen molar-refractivity contribution in [1.82, 2.24) is 15.3 Å². The zero-order chi connectivity index (χ0) is 20.2. The first-order valence-corrected chi connectivity index (χ1v) is 9.56. The summed E-state index contributed by atoms with van der Waals surface area (Å²) in [7, 11) is 3.12. The van der Waals surface area contributed by atoms with Crippen LogP contribution in [0.5, 0.6) is 17.5 Å². The van der Waals surface area contributed by atoms with Crippen LogP contribution in [0, 0.1) is 0 Å². The van der Waals surface area contributed by atoms with E-state index in [4.69, 9.17) is 18.6 Å². The number of nitrogens with one attached hydrogen (secondary N) is 1. The van der Waals surface area contributed by atoms with Crippen LogP contribution in [0.2, 0.25) is 0 Å². The second kappa shape index (κ2) is 8.38. The number of rotatable bonds is 6. The Bertz CT molecular complexity index is 995. The Morgan fingerprint density at radius 2 is 1.90 bits per heavy atom. The Kier molecular flexibility index (Phi) is 5.50. The summed E-state index contributed by atoms with van der Waals surface area (Å²) in [6, 6.07) is 7.38. The fourth-order valence-corrected chi connectivity index (χ4v) is 3.55. The smallest absolute Gasteiger partial charge is 0.287 e. The summed E-state index contributed by atoms with van der Waals surface area (Å²) in [5, 5.41) is 3.90. The number of benzene rings is 1. The zero-order valence-electron chi connectivity index (χ0n) is 16.4. The van der Waals surface area contributed by atoms with Gasteiger partial charge in [0.05, 0.1) is 26.6 Å². The van der Waals surface area contributed by atoms with Crippen molar-refractivity contribution in [3.05, 3.63) is 42.4 Å². The Hall–Kier alpha value is -3.29. The number of amides is 1. The minimum absolute atomic E-state index is 0.0417. The van der Waals surface area contributed by atoms with Crippen LogP contribution in [0.3, 0.4) is 0 Å². The van der Waals surface area contributed by atoms with E-state index in [1.54, 1.807) is 26.5 Å². The van der Waals surface area contributed by atoms with Crippen molar-refractivity contribution in [2.24, 2.45) is 0 Å². The summed E-state index contributed by atoms with van der Waals surface area (Å²) in [6.45, 7) is 0. The van der Waals surface area contributed by atoms with Gasteiger partial charge in [-0.15, -0.1) is 0 Å². The summed E-state index contributed by atoms with van der Waals surface area (Å²) in [5.41, 5.74) is 0.580. The van der Waals surface area contributed by atoms with Crippen molar-refractivity contribution in [1.29, 1.82) is 0 Å². The lowest BCUT2D eigenvalue weighted by Gasteiger charge is -2.28. The van der Waals surface area contributed by atoms with Crippen LogP contribution in [0.4, 0.5) is 0 Å². The summed E-state index contributed by atoms with van der Waals surface area (Å²) < 4.78 is 22.0. The van der Waals surface area contributed by atoms with Gasteiger partial charge in [-0.2, -0.15) is 4.98 Å². The second-order valence-electron chi connectivity index (χ2n) is 6.95. The minimum Gasteiger partial charge on any atom is -0.493 e. The number of para-hydroxylation sites is 1. The molecule has 1 N–H and O–H groups in total. The molecule has 1 aliphatic rings. The van der Waals surface area contributed by atoms with Crippen molar-refractivity contribution in [3.63, 3.8) is 0 Å². The molecule has 1 fully saturated rings. The van der Waals surface area contributed by atoms with Crippen LogP contribution in [-0.4, -0.2) is 42.2 Å². The number of methoxy groups -OCH3 is 2. The number of ether oxygens (including phenoxy) is 3. The number of carbonyl (C=O) groups is 1. The van der Waals surface area contributed by atoms with Crippen LogP contribution in [-0.2, 0) is 0 Å². The van der Waals surface area contributed by atoms with Gasteiger partial charge in [-0.1, -0.05) is 12.1 Å². The van der Waals surface area contributed by atoms with E-state index in [-0.39, 0.29) is 23.8 Å². The van der Waals surface area contributed by atoms with Crippen molar-refractivity contribution in [2.75, 3.05) is 14.2 Å². The monoisotopic (exact) mass is 397 g/mol. The molecule has 29 heavy (non-hydrogen) atoms. The molecule has 1 aliphatic carbocycles. The predicted octanol–water partition coefficient (Wildman–Crippen LogP) is 3.36. The van der Waals surface area contributed by atoms with Gasteiger partial charge in [0.2, 0.25) is 11.8 Å². The average Bonchev–Trinajstić information content (AvgIpc) is 3.20. The maximum absolute atomic E-state index is 12.6. The number of fused-ring (bicyclic) bond motifs is 1. The summed E-state index contributed by atoms with van der Waals surface area (Å²) >= 11 is 0. The fourth-order valence-electron chi connectivity index (χ4n) is 3.55. The van der Waals surface area contributed by atoms with Gasteiger partial charge < -0.3 is 23.9 Å². The molecule has 3 aromatic rings. The average molecular weight is 397 g/mol. The van der Waals surface area contributed by atoms with E-state index in [9.17, 15) is 4.79 Å². The third-order valence-corrected chi connectivity index (χ3v) is 5.05. The van der Waals surface area contributed by atoms with Crippen LogP contribution in [0.25, 0.3) is 11.0 Å². The topological polar surface area (TPSA) is 95.7 Å². The Morgan fingerprint density at radius 1 is 1.10 bits per heavy atom. The van der Waals surface area contributed by atoms with Gasteiger partial charge in [-0.05, 0) is 37.8 Å². The van der Waals surface area contributed by atoms with E-state index in [0.717, 1.165) is 31.1 Å². The molecule has 0 unspecified atom stereocenters. The van der Waals surface area contributed by atoms with Crippen LogP contribution in [0.15, 0.2) is 41.1 Å². The number of hydrogen-bond donors (Lipinski definition) is 1. The van der Waals surface area contributed by atoms with E-state index in [0.29, 0.717) is 23.1 Å². The molecule has 152 valence electrons. The standard InChI is InChI=1S/C21H23N3O5/c1-26-16-5-3-4-13-10-17(29-20(13)16)21(25)23-14-6-8-15(9-7-14)28-19-12-22-11-18(24-19)27-2/h3-5,10-12,14-15H,6-9H2,1-2H3,(H,23,25). The van der Waals surface area contributed by atoms with Gasteiger partial charge in [-0.3, -0.25) is 9.78 Å². The van der Waals surface area contributed by atoms with Crippen LogP contribution in [0.1, 0.15) is 36.2 Å². The highest BCUT2D eigenvalue weighted by molar-refractivity contribution is 5.97. The first-order chi connectivity index (χ1) is 14.2. The van der Waals surface area contributed by atoms with Gasteiger partial charge in [0.25, 0.3) is 5.91 Å². The molecule has 0 radical (unpaired) electrons. The Morgan fingerprint density at radius 3 is 2.66 bits per heavy atom. The number of aromatic nitrogens is 2. The van der Waals surface area contributed by atoms with E-state index in [1.807, 2.05) is 18.2 Å². The van der Waals surface area contributed by atoms with Gasteiger partial charge in [0.15, 0.2) is 17.1 Å². The summed E-state index contributed by atoms with van der Waals surface area (Å²) in [5.74, 6) is 1.56. The van der Waals surface area contributed by atoms with E-state index < -0.39 is 0 Å². The van der Waals surface area contributed by atoms with Crippen molar-refractivity contribution < 1.29 is 23.4 Å². The lowest BCUT2D eigenvalue weighted by molar-refractivity contribution is 0.0864. The molecule has 0 saturated heterocycles. The third-order valence-electron chi connectivity index (χ3n) is 5.05. The SMILES string of the molecule is COc1cncc(OC2CCC(NC(=O)c3cc4cccc(OC)c4o3)CC2)n1. The highest BCUT2D eigenvalue weighted by Crippen LogP contribution is 2.29. The number of furan rings is 1. The molecule has 1 saturated carbocycles. The van der Waals surface area contributed by atoms with Gasteiger partial charge in [0, 0.05) is 11.4 Å². The number of nitrogens with zero attached hydrogens (tertiary/aromatic N) is 2. The molecule has 0 aliphatic heterocycles. The highest BCUT2D eigenvalue weighted by atomic mass is 16.5. The molecular formula is C21H23N3O5. The Balaban J connectivity index is 1.33. The largest absolute Gasteiger partial charge is 0.493 e. The normalized spacial score (nSPS) is 19.0. The van der Waals surface area contributed by atoms with E-state index >= 15 is 0 Å². The van der Waals surface area contributed by atoms with E-state index in [2.05, 4.69) is 15.3 Å². The molecule has 0 spiro atoms. The quantitative estimate of drug-likeness (QED) is 0.681. The molecule has 1 aromatic carbocycles. The maximum atomic E-state index is 12.6. The van der Waals surface area contributed by atoms with E-state index in [1.165, 1.54) is 6.20 Å². The lowest BCUT2D eigenvalue weighted by Crippen LogP contribution is -2.39. The van der Waals surface area contributed by atoms with Gasteiger partial charge >= 0.3 is 0 Å². The zero-order valence-corrected chi connectivity index (χ0v) is 16.4. The van der Waals surface area contributed by atoms with Crippen molar-refractivity contribution >= 4 is 16.9 Å². The van der Waals surface area contributed by atoms with Crippen molar-refractivity contribution in [3.8, 4) is 17.5 Å². The second-order valence-corrected chi connectivity index (χ2v) is 6.95. The molecule has 0 atom stereocenters. The first-order valence-electron chi connectivity index (χ1n) is 9.56. The fraction of sp³-hybridized carbons (Fsp3) is 0.381. The summed E-state index contributed by atoms with van der Waals surface area (Å²) in [4.78, 5) is 20.9. The Labute approximate surface area is 168 Å². The third kappa shape index (κ3) is 4.26. The molecule has 1 amide bonds. The summed E-state index contributed by atoms with van der Waals surface area (Å²) in [6.07, 6.45) is 6.42. The minimum atomic E-state index is -0.216. The van der Waals surface area contributed by atoms with Gasteiger partial charge in [0.1, 0.15) is 6.10 Å². The van der Waals surface area contributed by atoms with Gasteiger partial charge in [-0.25, -0.2) is 0 Å². The molecule has 8 heteroatoms. The highest BCUT2D eigenvalue weighted by Gasteiger charge is 2.25. The molecule has 8 nitrogen and oxygen atoms in total. The lowest BCUT2D eigenvalue weighted by atomic mass is 9.93. The first kappa shape index (κ1) is 19.0. The maximum Gasteiger partial charge on any atom is 0.287 e. The predicted molar refractivity (Wildman–Crippen MR) is 105 cm³/mol. The van der Waals surface area contributed by atoms with Crippen LogP contribution < -0.4 is 19.5 Å². The van der Waals surface area contributed by atoms with Crippen LogP contribution >= 0.6 is 0 Å². The molecule has 2 heterocycles. The molecule has 0 bridgehead atoms. The molecule has 4 rings (SSSR count). The van der Waals surface area contributed by atoms with Crippen molar-refractivity contribution in [2.45, 2.75) is 37.8 Å². The molecule has 2 aromatic heterocycles. The molecular weight excluding hydrogens is 374 g/mol. The number of hydrogen-bond acceptors (Lipinski definition) is 7.